The highest BCUT2D eigenvalue weighted by atomic mass is 16.7. The van der Waals surface area contributed by atoms with E-state index in [4.69, 9.17) is 14.6 Å². The molecule has 0 bridgehead atoms. The van der Waals surface area contributed by atoms with Gasteiger partial charge in [0.25, 0.3) is 0 Å². The molecule has 0 unspecified atom stereocenters. The number of methoxy groups -OCH3 is 1. The van der Waals surface area contributed by atoms with Crippen LogP contribution in [0.25, 0.3) is 0 Å². The van der Waals surface area contributed by atoms with Crippen molar-refractivity contribution in [2.24, 2.45) is 0 Å². The third-order valence-corrected chi connectivity index (χ3v) is 1.72. The van der Waals surface area contributed by atoms with Crippen molar-refractivity contribution in [2.45, 2.75) is 13.0 Å². The van der Waals surface area contributed by atoms with E-state index in [1.165, 1.54) is 0 Å². The Bertz CT molecular complexity index is 248. The van der Waals surface area contributed by atoms with Crippen molar-refractivity contribution in [3.63, 3.8) is 0 Å². The quantitative estimate of drug-likeness (QED) is 0.539. The highest BCUT2D eigenvalue weighted by Crippen LogP contribution is 2.02. The molecule has 0 saturated carbocycles. The first-order valence-electron chi connectivity index (χ1n) is 4.48. The smallest absolute Gasteiger partial charge is 0.146 e. The molecule has 0 spiro atoms. The van der Waals surface area contributed by atoms with E-state index < -0.39 is 0 Å². The minimum Gasteiger partial charge on any atom is -0.396 e. The summed E-state index contributed by atoms with van der Waals surface area (Å²) in [7, 11) is 1.59. The zero-order valence-corrected chi connectivity index (χ0v) is 8.27. The number of aromatic nitrogens is 1. The van der Waals surface area contributed by atoms with Crippen LogP contribution in [0.3, 0.4) is 0 Å². The van der Waals surface area contributed by atoms with Gasteiger partial charge in [0, 0.05) is 32.0 Å². The number of nitrogens with zero attached hydrogens (tertiary/aromatic N) is 1. The topological polar surface area (TPSA) is 51.6 Å². The fraction of sp³-hybridized carbons (Fsp3) is 0.500. The number of aliphatic hydroxyl groups is 1. The van der Waals surface area contributed by atoms with Crippen molar-refractivity contribution in [1.82, 2.24) is 4.98 Å². The highest BCUT2D eigenvalue weighted by Gasteiger charge is 1.95. The summed E-state index contributed by atoms with van der Waals surface area (Å²) in [5.74, 6) is 0. The van der Waals surface area contributed by atoms with Crippen LogP contribution in [0.5, 0.6) is 0 Å². The summed E-state index contributed by atoms with van der Waals surface area (Å²) in [6, 6.07) is 3.83. The molecule has 4 nitrogen and oxygen atoms in total. The van der Waals surface area contributed by atoms with Gasteiger partial charge >= 0.3 is 0 Å². The fourth-order valence-electron chi connectivity index (χ4n) is 1.05. The number of rotatable bonds is 6. The lowest BCUT2D eigenvalue weighted by atomic mass is 10.2. The van der Waals surface area contributed by atoms with Gasteiger partial charge in [-0.15, -0.1) is 0 Å². The second kappa shape index (κ2) is 6.48. The van der Waals surface area contributed by atoms with Gasteiger partial charge in [-0.1, -0.05) is 6.07 Å². The minimum atomic E-state index is 0.131. The summed E-state index contributed by atoms with van der Waals surface area (Å²) in [5, 5.41) is 8.68. The van der Waals surface area contributed by atoms with E-state index in [1.54, 1.807) is 13.3 Å². The fourth-order valence-corrected chi connectivity index (χ4v) is 1.05. The van der Waals surface area contributed by atoms with Crippen LogP contribution in [-0.2, 0) is 22.5 Å². The van der Waals surface area contributed by atoms with E-state index in [1.807, 2.05) is 12.1 Å². The first kappa shape index (κ1) is 11.1. The predicted octanol–water partition coefficient (Wildman–Crippen LogP) is 0.737. The minimum absolute atomic E-state index is 0.131. The summed E-state index contributed by atoms with van der Waals surface area (Å²) in [5.41, 5.74) is 1.90. The zero-order valence-electron chi connectivity index (χ0n) is 8.27. The number of hydrogen-bond acceptors (Lipinski definition) is 4. The van der Waals surface area contributed by atoms with Crippen LogP contribution in [-0.4, -0.2) is 30.6 Å². The molecule has 0 atom stereocenters. The first-order valence-corrected chi connectivity index (χ1v) is 4.48. The Balaban J connectivity index is 2.38. The summed E-state index contributed by atoms with van der Waals surface area (Å²) < 4.78 is 9.91. The molecule has 0 saturated heterocycles. The molecular formula is C10H15NO3. The van der Waals surface area contributed by atoms with E-state index in [2.05, 4.69) is 4.98 Å². The van der Waals surface area contributed by atoms with Gasteiger partial charge in [-0.05, 0) is 11.6 Å². The van der Waals surface area contributed by atoms with E-state index in [9.17, 15) is 0 Å². The maximum Gasteiger partial charge on any atom is 0.146 e. The Kier molecular flexibility index (Phi) is 5.14. The second-order valence-electron chi connectivity index (χ2n) is 2.89. The summed E-state index contributed by atoms with van der Waals surface area (Å²) >= 11 is 0. The molecule has 4 heteroatoms. The molecule has 78 valence electrons. The normalized spacial score (nSPS) is 10.4. The SMILES string of the molecule is COCOCc1ccc(CCO)nc1. The predicted molar refractivity (Wildman–Crippen MR) is 51.7 cm³/mol. The van der Waals surface area contributed by atoms with Crippen LogP contribution in [0.1, 0.15) is 11.3 Å². The van der Waals surface area contributed by atoms with Crippen LogP contribution < -0.4 is 0 Å². The van der Waals surface area contributed by atoms with Gasteiger partial charge in [0.05, 0.1) is 6.61 Å². The average Bonchev–Trinajstić information content (AvgIpc) is 2.21. The van der Waals surface area contributed by atoms with Gasteiger partial charge in [0.2, 0.25) is 0 Å². The molecule has 1 aromatic rings. The lowest BCUT2D eigenvalue weighted by Crippen LogP contribution is -1.99. The van der Waals surface area contributed by atoms with Gasteiger partial charge in [-0.25, -0.2) is 0 Å². The molecule has 0 fully saturated rings. The van der Waals surface area contributed by atoms with Crippen LogP contribution in [0.2, 0.25) is 0 Å². The van der Waals surface area contributed by atoms with Gasteiger partial charge in [0.1, 0.15) is 6.79 Å². The number of hydrogen-bond donors (Lipinski definition) is 1. The van der Waals surface area contributed by atoms with Crippen molar-refractivity contribution in [3.05, 3.63) is 29.6 Å². The zero-order chi connectivity index (χ0) is 10.2. The molecule has 0 amide bonds. The summed E-state index contributed by atoms with van der Waals surface area (Å²) in [6.45, 7) is 0.922. The largest absolute Gasteiger partial charge is 0.396 e. The molecule has 0 aliphatic carbocycles. The average molecular weight is 197 g/mol. The van der Waals surface area contributed by atoms with E-state index in [0.29, 0.717) is 19.8 Å². The Hall–Kier alpha value is -0.970. The Labute approximate surface area is 83.5 Å². The van der Waals surface area contributed by atoms with Crippen molar-refractivity contribution in [1.29, 1.82) is 0 Å². The second-order valence-corrected chi connectivity index (χ2v) is 2.89. The lowest BCUT2D eigenvalue weighted by Gasteiger charge is -2.03. The van der Waals surface area contributed by atoms with Crippen molar-refractivity contribution in [3.8, 4) is 0 Å². The molecular weight excluding hydrogens is 182 g/mol. The third-order valence-electron chi connectivity index (χ3n) is 1.72. The molecule has 1 heterocycles. The molecule has 1 N–H and O–H groups in total. The highest BCUT2D eigenvalue weighted by molar-refractivity contribution is 5.13. The van der Waals surface area contributed by atoms with Crippen molar-refractivity contribution < 1.29 is 14.6 Å². The number of pyridine rings is 1. The van der Waals surface area contributed by atoms with Gasteiger partial charge < -0.3 is 14.6 Å². The maximum atomic E-state index is 8.68. The summed E-state index contributed by atoms with van der Waals surface area (Å²) in [6.07, 6.45) is 2.35. The maximum absolute atomic E-state index is 8.68. The number of aliphatic hydroxyl groups excluding tert-OH is 1. The van der Waals surface area contributed by atoms with Crippen LogP contribution in [0.15, 0.2) is 18.3 Å². The van der Waals surface area contributed by atoms with Crippen LogP contribution in [0, 0.1) is 0 Å². The molecule has 0 radical (unpaired) electrons. The Morgan fingerprint density at radius 1 is 1.43 bits per heavy atom. The first-order chi connectivity index (χ1) is 6.86. The molecule has 14 heavy (non-hydrogen) atoms. The van der Waals surface area contributed by atoms with E-state index in [-0.39, 0.29) is 6.61 Å². The molecule has 1 rings (SSSR count). The van der Waals surface area contributed by atoms with E-state index in [0.717, 1.165) is 11.3 Å². The van der Waals surface area contributed by atoms with Gasteiger partial charge in [-0.3, -0.25) is 4.98 Å². The molecule has 1 aromatic heterocycles. The van der Waals surface area contributed by atoms with Crippen LogP contribution in [0.4, 0.5) is 0 Å². The Morgan fingerprint density at radius 2 is 2.29 bits per heavy atom. The lowest BCUT2D eigenvalue weighted by molar-refractivity contribution is -0.0391. The Morgan fingerprint density at radius 3 is 2.86 bits per heavy atom. The number of ether oxygens (including phenoxy) is 2. The van der Waals surface area contributed by atoms with E-state index >= 15 is 0 Å². The van der Waals surface area contributed by atoms with Gasteiger partial charge in [0.15, 0.2) is 0 Å². The molecule has 0 aliphatic heterocycles. The third kappa shape index (κ3) is 3.83. The van der Waals surface area contributed by atoms with Crippen LogP contribution >= 0.6 is 0 Å². The molecule has 0 aliphatic rings. The monoisotopic (exact) mass is 197 g/mol. The van der Waals surface area contributed by atoms with Gasteiger partial charge in [-0.2, -0.15) is 0 Å². The summed E-state index contributed by atoms with van der Waals surface area (Å²) in [4.78, 5) is 4.17. The van der Waals surface area contributed by atoms with Crippen molar-refractivity contribution >= 4 is 0 Å². The van der Waals surface area contributed by atoms with Crippen molar-refractivity contribution in [2.75, 3.05) is 20.5 Å². The standard InChI is InChI=1S/C10H15NO3/c1-13-8-14-7-9-2-3-10(4-5-12)11-6-9/h2-3,6,12H,4-5,7-8H2,1H3. The molecule has 0 aromatic carbocycles.